The van der Waals surface area contributed by atoms with Crippen LogP contribution in [0, 0.1) is 5.92 Å². The van der Waals surface area contributed by atoms with Gasteiger partial charge in [-0.1, -0.05) is 18.2 Å². The van der Waals surface area contributed by atoms with E-state index in [0.29, 0.717) is 12.0 Å². The van der Waals surface area contributed by atoms with Crippen LogP contribution in [0.1, 0.15) is 24.8 Å². The molecule has 0 spiro atoms. The lowest BCUT2D eigenvalue weighted by atomic mass is 9.84. The molecule has 4 heterocycles. The number of amides is 1. The Kier molecular flexibility index (Phi) is 3.34. The van der Waals surface area contributed by atoms with E-state index in [1.165, 1.54) is 31.5 Å². The monoisotopic (exact) mass is 285 g/mol. The molecular formula is C17H23N3O. The number of piperidine rings is 3. The maximum atomic E-state index is 12.6. The number of aryl methyl sites for hydroxylation is 1. The molecule has 4 aliphatic rings. The number of carbonyl (C=O) groups is 1. The van der Waals surface area contributed by atoms with Crippen molar-refractivity contribution >= 4 is 11.6 Å². The Hall–Kier alpha value is -1.55. The second kappa shape index (κ2) is 5.34. The summed E-state index contributed by atoms with van der Waals surface area (Å²) in [5, 5.41) is 6.71. The summed E-state index contributed by atoms with van der Waals surface area (Å²) >= 11 is 0. The van der Waals surface area contributed by atoms with E-state index >= 15 is 0 Å². The Morgan fingerprint density at radius 2 is 2.00 bits per heavy atom. The molecule has 1 amide bonds. The van der Waals surface area contributed by atoms with Crippen LogP contribution in [0.4, 0.5) is 5.69 Å². The van der Waals surface area contributed by atoms with Crippen molar-refractivity contribution < 1.29 is 4.79 Å². The lowest BCUT2D eigenvalue weighted by Gasteiger charge is -2.45. The van der Waals surface area contributed by atoms with Crippen LogP contribution in [-0.4, -0.2) is 42.5 Å². The van der Waals surface area contributed by atoms with E-state index in [1.807, 2.05) is 6.07 Å². The normalized spacial score (nSPS) is 33.9. The lowest BCUT2D eigenvalue weighted by Crippen LogP contribution is -2.59. The van der Waals surface area contributed by atoms with Gasteiger partial charge in [0.2, 0.25) is 5.91 Å². The zero-order valence-corrected chi connectivity index (χ0v) is 12.3. The molecule has 2 N–H and O–H groups in total. The molecule has 4 nitrogen and oxygen atoms in total. The highest BCUT2D eigenvalue weighted by atomic mass is 16.2. The number of nitrogens with zero attached hydrogens (tertiary/aromatic N) is 1. The molecule has 0 aromatic heterocycles. The first-order valence-corrected chi connectivity index (χ1v) is 8.17. The van der Waals surface area contributed by atoms with E-state index in [0.717, 1.165) is 25.1 Å². The number of hydrogen-bond acceptors (Lipinski definition) is 3. The van der Waals surface area contributed by atoms with Gasteiger partial charge in [-0.2, -0.15) is 0 Å². The minimum atomic E-state index is -0.0737. The molecule has 4 aliphatic heterocycles. The van der Waals surface area contributed by atoms with Crippen molar-refractivity contribution in [3.63, 3.8) is 0 Å². The van der Waals surface area contributed by atoms with E-state index in [4.69, 9.17) is 0 Å². The molecule has 21 heavy (non-hydrogen) atoms. The third kappa shape index (κ3) is 2.53. The average molecular weight is 285 g/mol. The Bertz CT molecular complexity index is 537. The van der Waals surface area contributed by atoms with Crippen molar-refractivity contribution in [1.29, 1.82) is 0 Å². The zero-order valence-electron chi connectivity index (χ0n) is 12.3. The van der Waals surface area contributed by atoms with E-state index in [2.05, 4.69) is 33.7 Å². The molecule has 2 unspecified atom stereocenters. The number of hydrogen-bond donors (Lipinski definition) is 2. The fourth-order valence-corrected chi connectivity index (χ4v) is 4.05. The molecule has 0 aliphatic carbocycles. The minimum Gasteiger partial charge on any atom is -0.373 e. The summed E-state index contributed by atoms with van der Waals surface area (Å²) in [7, 11) is 0. The van der Waals surface area contributed by atoms with E-state index in [1.54, 1.807) is 0 Å². The SMILES string of the molecule is O=C(NC1CN2CCC1CC2)C1CCc2ccccc2N1. The predicted octanol–water partition coefficient (Wildman–Crippen LogP) is 1.62. The van der Waals surface area contributed by atoms with Gasteiger partial charge >= 0.3 is 0 Å². The van der Waals surface area contributed by atoms with Crippen molar-refractivity contribution in [3.05, 3.63) is 29.8 Å². The Morgan fingerprint density at radius 3 is 2.76 bits per heavy atom. The Labute approximate surface area is 125 Å². The summed E-state index contributed by atoms with van der Waals surface area (Å²) in [4.78, 5) is 15.0. The van der Waals surface area contributed by atoms with Crippen molar-refractivity contribution in [2.45, 2.75) is 37.8 Å². The second-order valence-electron chi connectivity index (χ2n) is 6.65. The fraction of sp³-hybridized carbons (Fsp3) is 0.588. The Morgan fingerprint density at radius 1 is 1.19 bits per heavy atom. The van der Waals surface area contributed by atoms with Gasteiger partial charge in [-0.15, -0.1) is 0 Å². The third-order valence-corrected chi connectivity index (χ3v) is 5.35. The summed E-state index contributed by atoms with van der Waals surface area (Å²) in [5.74, 6) is 0.873. The van der Waals surface area contributed by atoms with Gasteiger partial charge in [0.25, 0.3) is 0 Å². The van der Waals surface area contributed by atoms with Crippen LogP contribution in [-0.2, 0) is 11.2 Å². The number of para-hydroxylation sites is 1. The highest BCUT2D eigenvalue weighted by molar-refractivity contribution is 5.86. The lowest BCUT2D eigenvalue weighted by molar-refractivity contribution is -0.124. The highest BCUT2D eigenvalue weighted by Gasteiger charge is 2.36. The summed E-state index contributed by atoms with van der Waals surface area (Å²) in [6, 6.07) is 8.59. The van der Waals surface area contributed by atoms with Gasteiger partial charge in [0, 0.05) is 18.3 Å². The number of rotatable bonds is 2. The molecule has 3 saturated heterocycles. The molecule has 1 aromatic carbocycles. The van der Waals surface area contributed by atoms with Gasteiger partial charge in [0.15, 0.2) is 0 Å². The van der Waals surface area contributed by atoms with Gasteiger partial charge in [-0.05, 0) is 56.3 Å². The molecule has 0 radical (unpaired) electrons. The smallest absolute Gasteiger partial charge is 0.242 e. The fourth-order valence-electron chi connectivity index (χ4n) is 4.05. The summed E-state index contributed by atoms with van der Waals surface area (Å²) in [6.45, 7) is 3.47. The largest absolute Gasteiger partial charge is 0.373 e. The first-order chi connectivity index (χ1) is 10.3. The average Bonchev–Trinajstić information content (AvgIpc) is 2.55. The van der Waals surface area contributed by atoms with Crippen LogP contribution in [0.2, 0.25) is 0 Å². The van der Waals surface area contributed by atoms with Crippen molar-refractivity contribution in [2.75, 3.05) is 25.0 Å². The van der Waals surface area contributed by atoms with Crippen LogP contribution >= 0.6 is 0 Å². The number of benzene rings is 1. The first-order valence-electron chi connectivity index (χ1n) is 8.17. The molecule has 2 atom stereocenters. The second-order valence-corrected chi connectivity index (χ2v) is 6.65. The molecule has 1 aromatic rings. The maximum absolute atomic E-state index is 12.6. The molecule has 5 rings (SSSR count). The molecule has 2 bridgehead atoms. The van der Waals surface area contributed by atoms with Crippen LogP contribution in [0.3, 0.4) is 0 Å². The van der Waals surface area contributed by atoms with Gasteiger partial charge < -0.3 is 15.5 Å². The van der Waals surface area contributed by atoms with E-state index in [9.17, 15) is 4.79 Å². The molecule has 0 saturated carbocycles. The quantitative estimate of drug-likeness (QED) is 0.868. The van der Waals surface area contributed by atoms with Crippen molar-refractivity contribution in [1.82, 2.24) is 10.2 Å². The van der Waals surface area contributed by atoms with Crippen LogP contribution in [0.5, 0.6) is 0 Å². The maximum Gasteiger partial charge on any atom is 0.242 e. The van der Waals surface area contributed by atoms with Crippen molar-refractivity contribution in [3.8, 4) is 0 Å². The minimum absolute atomic E-state index is 0.0737. The van der Waals surface area contributed by atoms with Crippen molar-refractivity contribution in [2.24, 2.45) is 5.92 Å². The zero-order chi connectivity index (χ0) is 14.2. The third-order valence-electron chi connectivity index (χ3n) is 5.35. The summed E-state index contributed by atoms with van der Waals surface area (Å²) < 4.78 is 0. The summed E-state index contributed by atoms with van der Waals surface area (Å²) in [5.41, 5.74) is 2.45. The van der Waals surface area contributed by atoms with Crippen LogP contribution in [0.25, 0.3) is 0 Å². The number of anilines is 1. The molecule has 4 heteroatoms. The van der Waals surface area contributed by atoms with Crippen LogP contribution < -0.4 is 10.6 Å². The molecule has 3 fully saturated rings. The number of carbonyl (C=O) groups excluding carboxylic acids is 1. The first kappa shape index (κ1) is 13.1. The standard InChI is InChI=1S/C17H23N3O/c21-17(19-16-11-20-9-7-13(16)8-10-20)15-6-5-12-3-1-2-4-14(12)18-15/h1-4,13,15-16,18H,5-11H2,(H,19,21). The van der Waals surface area contributed by atoms with E-state index < -0.39 is 0 Å². The Balaban J connectivity index is 1.40. The highest BCUT2D eigenvalue weighted by Crippen LogP contribution is 2.28. The predicted molar refractivity (Wildman–Crippen MR) is 83.3 cm³/mol. The summed E-state index contributed by atoms with van der Waals surface area (Å²) in [6.07, 6.45) is 4.36. The van der Waals surface area contributed by atoms with E-state index in [-0.39, 0.29) is 11.9 Å². The number of nitrogens with one attached hydrogen (secondary N) is 2. The molecule has 112 valence electrons. The van der Waals surface area contributed by atoms with Crippen LogP contribution in [0.15, 0.2) is 24.3 Å². The van der Waals surface area contributed by atoms with Gasteiger partial charge in [-0.25, -0.2) is 0 Å². The number of fused-ring (bicyclic) bond motifs is 4. The van der Waals surface area contributed by atoms with Gasteiger partial charge in [-0.3, -0.25) is 4.79 Å². The topological polar surface area (TPSA) is 44.4 Å². The van der Waals surface area contributed by atoms with Gasteiger partial charge in [0.1, 0.15) is 6.04 Å². The molecular weight excluding hydrogens is 262 g/mol. The van der Waals surface area contributed by atoms with Gasteiger partial charge in [0.05, 0.1) is 0 Å².